The maximum absolute atomic E-state index is 12.7. The number of carboxylic acids is 1. The molecule has 1 amide bonds. The van der Waals surface area contributed by atoms with E-state index in [0.717, 1.165) is 36.8 Å². The molecule has 3 aromatic rings. The summed E-state index contributed by atoms with van der Waals surface area (Å²) < 4.78 is 1.82. The molecule has 7 nitrogen and oxygen atoms in total. The van der Waals surface area contributed by atoms with Gasteiger partial charge in [0, 0.05) is 23.7 Å². The van der Waals surface area contributed by atoms with E-state index >= 15 is 0 Å². The van der Waals surface area contributed by atoms with E-state index in [2.05, 4.69) is 10.3 Å². The molecule has 1 saturated carbocycles. The lowest BCUT2D eigenvalue weighted by atomic mass is 10.1. The number of rotatable bonds is 6. The van der Waals surface area contributed by atoms with Crippen LogP contribution in [0, 0.1) is 0 Å². The molecule has 1 aliphatic rings. The van der Waals surface area contributed by atoms with Crippen LogP contribution in [-0.4, -0.2) is 26.5 Å². The smallest absolute Gasteiger partial charge is 0.326 e. The number of nitrogens with zero attached hydrogens (tertiary/aromatic N) is 1. The van der Waals surface area contributed by atoms with Crippen LogP contribution in [0.3, 0.4) is 0 Å². The van der Waals surface area contributed by atoms with Crippen molar-refractivity contribution in [3.05, 3.63) is 64.1 Å². The number of carbonyl (C=O) groups excluding carboxylic acids is 1. The molecule has 0 saturated heterocycles. The average molecular weight is 393 g/mol. The van der Waals surface area contributed by atoms with E-state index in [1.807, 2.05) is 16.7 Å². The molecule has 1 heterocycles. The van der Waals surface area contributed by atoms with Crippen molar-refractivity contribution in [1.29, 1.82) is 0 Å². The highest BCUT2D eigenvalue weighted by molar-refractivity contribution is 6.06. The van der Waals surface area contributed by atoms with Gasteiger partial charge >= 0.3 is 11.7 Å². The molecule has 29 heavy (non-hydrogen) atoms. The molecule has 0 spiro atoms. The Morgan fingerprint density at radius 2 is 1.93 bits per heavy atom. The van der Waals surface area contributed by atoms with E-state index in [9.17, 15) is 14.4 Å². The molecule has 0 bridgehead atoms. The third-order valence-electron chi connectivity index (χ3n) is 5.48. The van der Waals surface area contributed by atoms with Gasteiger partial charge in [0.05, 0.1) is 11.0 Å². The molecule has 7 heteroatoms. The SMILES string of the molecule is O=C(O)CCc1cccc(NC(=O)c2ccc3c(c2)[nH]c(=O)n3C2CCCC2)c1. The summed E-state index contributed by atoms with van der Waals surface area (Å²) in [5, 5.41) is 11.7. The van der Waals surface area contributed by atoms with Crippen LogP contribution in [0.5, 0.6) is 0 Å². The average Bonchev–Trinajstić information content (AvgIpc) is 3.32. The lowest BCUT2D eigenvalue weighted by Crippen LogP contribution is -2.20. The normalized spacial score (nSPS) is 14.3. The number of imidazole rings is 1. The van der Waals surface area contributed by atoms with Gasteiger partial charge in [0.1, 0.15) is 0 Å². The van der Waals surface area contributed by atoms with Gasteiger partial charge in [-0.25, -0.2) is 4.79 Å². The van der Waals surface area contributed by atoms with Crippen LogP contribution in [-0.2, 0) is 11.2 Å². The Hall–Kier alpha value is -3.35. The van der Waals surface area contributed by atoms with Crippen LogP contribution in [0.25, 0.3) is 11.0 Å². The maximum atomic E-state index is 12.7. The summed E-state index contributed by atoms with van der Waals surface area (Å²) in [6.07, 6.45) is 4.73. The topological polar surface area (TPSA) is 104 Å². The fraction of sp³-hybridized carbons (Fsp3) is 0.318. The van der Waals surface area contributed by atoms with Crippen LogP contribution >= 0.6 is 0 Å². The summed E-state index contributed by atoms with van der Waals surface area (Å²) in [6.45, 7) is 0. The minimum atomic E-state index is -0.855. The van der Waals surface area contributed by atoms with Crippen molar-refractivity contribution in [2.75, 3.05) is 5.32 Å². The summed E-state index contributed by atoms with van der Waals surface area (Å²) in [4.78, 5) is 38.7. The zero-order chi connectivity index (χ0) is 20.4. The number of H-pyrrole nitrogens is 1. The summed E-state index contributed by atoms with van der Waals surface area (Å²) in [5.41, 5.74) is 3.26. The molecular formula is C22H23N3O4. The molecule has 0 aliphatic heterocycles. The van der Waals surface area contributed by atoms with Crippen molar-refractivity contribution in [2.45, 2.75) is 44.6 Å². The van der Waals surface area contributed by atoms with Crippen LogP contribution in [0.4, 0.5) is 5.69 Å². The molecule has 1 aromatic heterocycles. The second-order valence-electron chi connectivity index (χ2n) is 7.52. The molecule has 0 unspecified atom stereocenters. The Morgan fingerprint density at radius 3 is 2.69 bits per heavy atom. The van der Waals surface area contributed by atoms with Gasteiger partial charge in [0.2, 0.25) is 0 Å². The third-order valence-corrected chi connectivity index (χ3v) is 5.48. The summed E-state index contributed by atoms with van der Waals surface area (Å²) >= 11 is 0. The minimum Gasteiger partial charge on any atom is -0.481 e. The Morgan fingerprint density at radius 1 is 1.14 bits per heavy atom. The van der Waals surface area contributed by atoms with E-state index in [4.69, 9.17) is 5.11 Å². The van der Waals surface area contributed by atoms with E-state index < -0.39 is 5.97 Å². The van der Waals surface area contributed by atoms with Gasteiger partial charge in [-0.05, 0) is 55.2 Å². The van der Waals surface area contributed by atoms with Gasteiger partial charge in [0.25, 0.3) is 5.91 Å². The summed E-state index contributed by atoms with van der Waals surface area (Å²) in [5.74, 6) is -1.14. The number of hydrogen-bond acceptors (Lipinski definition) is 3. The molecule has 2 aromatic carbocycles. The van der Waals surface area contributed by atoms with Crippen LogP contribution in [0.15, 0.2) is 47.3 Å². The highest BCUT2D eigenvalue weighted by atomic mass is 16.4. The first kappa shape index (κ1) is 19.0. The Balaban J connectivity index is 1.54. The lowest BCUT2D eigenvalue weighted by Gasteiger charge is -2.11. The molecule has 0 radical (unpaired) electrons. The van der Waals surface area contributed by atoms with Crippen molar-refractivity contribution in [1.82, 2.24) is 9.55 Å². The fourth-order valence-corrected chi connectivity index (χ4v) is 4.06. The Bertz CT molecular complexity index is 1120. The van der Waals surface area contributed by atoms with Crippen molar-refractivity contribution in [2.24, 2.45) is 0 Å². The highest BCUT2D eigenvalue weighted by Gasteiger charge is 2.21. The molecule has 0 atom stereocenters. The van der Waals surface area contributed by atoms with E-state index in [1.54, 1.807) is 30.3 Å². The van der Waals surface area contributed by atoms with Crippen molar-refractivity contribution in [3.63, 3.8) is 0 Å². The lowest BCUT2D eigenvalue weighted by molar-refractivity contribution is -0.136. The predicted octanol–water partition coefficient (Wildman–Crippen LogP) is 3.71. The van der Waals surface area contributed by atoms with Gasteiger partial charge < -0.3 is 15.4 Å². The maximum Gasteiger partial charge on any atom is 0.326 e. The van der Waals surface area contributed by atoms with E-state index in [0.29, 0.717) is 23.2 Å². The van der Waals surface area contributed by atoms with Gasteiger partial charge in [-0.1, -0.05) is 25.0 Å². The largest absolute Gasteiger partial charge is 0.481 e. The summed E-state index contributed by atoms with van der Waals surface area (Å²) in [7, 11) is 0. The second kappa shape index (κ2) is 7.95. The Kier molecular flexibility index (Phi) is 5.20. The number of benzene rings is 2. The number of anilines is 1. The predicted molar refractivity (Wildman–Crippen MR) is 110 cm³/mol. The first-order valence-corrected chi connectivity index (χ1v) is 9.87. The van der Waals surface area contributed by atoms with Gasteiger partial charge in [0.15, 0.2) is 0 Å². The minimum absolute atomic E-state index is 0.0411. The number of amides is 1. The molecule has 150 valence electrons. The van der Waals surface area contributed by atoms with Crippen molar-refractivity contribution in [3.8, 4) is 0 Å². The number of aliphatic carboxylic acids is 1. The first-order valence-electron chi connectivity index (χ1n) is 9.87. The van der Waals surface area contributed by atoms with Crippen LogP contribution < -0.4 is 11.0 Å². The van der Waals surface area contributed by atoms with Gasteiger partial charge in [-0.2, -0.15) is 0 Å². The molecule has 1 aliphatic carbocycles. The third kappa shape index (κ3) is 4.08. The van der Waals surface area contributed by atoms with Crippen molar-refractivity contribution < 1.29 is 14.7 Å². The monoisotopic (exact) mass is 393 g/mol. The van der Waals surface area contributed by atoms with Crippen molar-refractivity contribution >= 4 is 28.6 Å². The fourth-order valence-electron chi connectivity index (χ4n) is 4.06. The van der Waals surface area contributed by atoms with Crippen LogP contribution in [0.2, 0.25) is 0 Å². The summed E-state index contributed by atoms with van der Waals surface area (Å²) in [6, 6.07) is 12.6. The molecule has 4 rings (SSSR count). The second-order valence-corrected chi connectivity index (χ2v) is 7.52. The number of carbonyl (C=O) groups is 2. The number of fused-ring (bicyclic) bond motifs is 1. The highest BCUT2D eigenvalue weighted by Crippen LogP contribution is 2.30. The first-order chi connectivity index (χ1) is 14.0. The number of hydrogen-bond donors (Lipinski definition) is 3. The van der Waals surface area contributed by atoms with E-state index in [1.165, 1.54) is 0 Å². The Labute approximate surface area is 167 Å². The quantitative estimate of drug-likeness (QED) is 0.594. The number of aryl methyl sites for hydroxylation is 1. The molecule has 1 fully saturated rings. The molecular weight excluding hydrogens is 370 g/mol. The number of carboxylic acid groups (broad SMARTS) is 1. The number of aromatic amines is 1. The van der Waals surface area contributed by atoms with Crippen LogP contribution in [0.1, 0.15) is 54.1 Å². The van der Waals surface area contributed by atoms with E-state index in [-0.39, 0.29) is 24.1 Å². The zero-order valence-electron chi connectivity index (χ0n) is 16.0. The zero-order valence-corrected chi connectivity index (χ0v) is 16.0. The van der Waals surface area contributed by atoms with Gasteiger partial charge in [-0.15, -0.1) is 0 Å². The number of nitrogens with one attached hydrogen (secondary N) is 2. The standard InChI is InChI=1S/C22H23N3O4/c26-20(27)11-8-14-4-3-5-16(12-14)23-21(28)15-9-10-19-18(13-15)24-22(29)25(19)17-6-1-2-7-17/h3-5,9-10,12-13,17H,1-2,6-8,11H2,(H,23,28)(H,24,29)(H,26,27). The number of aromatic nitrogens is 2. The van der Waals surface area contributed by atoms with Gasteiger partial charge in [-0.3, -0.25) is 14.2 Å². The molecule has 3 N–H and O–H groups in total.